The maximum atomic E-state index is 12.9. The van der Waals surface area contributed by atoms with E-state index in [0.29, 0.717) is 37.6 Å². The minimum absolute atomic E-state index is 0. The quantitative estimate of drug-likeness (QED) is 0.765. The zero-order valence-electron chi connectivity index (χ0n) is 15.5. The second-order valence-corrected chi connectivity index (χ2v) is 9.58. The highest BCUT2D eigenvalue weighted by atomic mass is 35.5. The Hall–Kier alpha value is -1.15. The summed E-state index contributed by atoms with van der Waals surface area (Å²) < 4.78 is 27.4. The molecular formula is C19H28ClN3O3S. The number of carbonyl (C=O) groups excluding carboxylic acids is 1. The summed E-state index contributed by atoms with van der Waals surface area (Å²) in [6, 6.07) is 5.54. The van der Waals surface area contributed by atoms with Crippen LogP contribution in [-0.4, -0.2) is 62.8 Å². The van der Waals surface area contributed by atoms with Crippen molar-refractivity contribution in [3.05, 3.63) is 29.3 Å². The van der Waals surface area contributed by atoms with Gasteiger partial charge in [0.25, 0.3) is 0 Å². The van der Waals surface area contributed by atoms with Gasteiger partial charge in [0.05, 0.1) is 11.4 Å². The van der Waals surface area contributed by atoms with Crippen molar-refractivity contribution in [2.45, 2.75) is 37.0 Å². The van der Waals surface area contributed by atoms with Gasteiger partial charge in [0.2, 0.25) is 15.9 Å². The van der Waals surface area contributed by atoms with Crippen molar-refractivity contribution in [2.24, 2.45) is 5.92 Å². The van der Waals surface area contributed by atoms with Gasteiger partial charge < -0.3 is 10.2 Å². The number of nitrogens with one attached hydrogen (secondary N) is 1. The molecule has 1 heterocycles. The second kappa shape index (κ2) is 8.47. The lowest BCUT2D eigenvalue weighted by atomic mass is 10.1. The Bertz CT molecular complexity index is 787. The number of piperazine rings is 1. The summed E-state index contributed by atoms with van der Waals surface area (Å²) in [7, 11) is -3.47. The molecule has 150 valence electrons. The van der Waals surface area contributed by atoms with Gasteiger partial charge in [0, 0.05) is 26.2 Å². The fourth-order valence-corrected chi connectivity index (χ4v) is 5.33. The van der Waals surface area contributed by atoms with E-state index in [-0.39, 0.29) is 18.3 Å². The molecule has 1 amide bonds. The minimum atomic E-state index is -3.47. The summed E-state index contributed by atoms with van der Waals surface area (Å²) in [4.78, 5) is 14.4. The molecule has 2 aliphatic carbocycles. The van der Waals surface area contributed by atoms with Crippen molar-refractivity contribution in [3.8, 4) is 0 Å². The maximum Gasteiger partial charge on any atom is 0.243 e. The Morgan fingerprint density at radius 3 is 2.48 bits per heavy atom. The molecule has 0 bridgehead atoms. The van der Waals surface area contributed by atoms with Crippen LogP contribution in [-0.2, 0) is 27.7 Å². The number of nitrogens with zero attached hydrogens (tertiary/aromatic N) is 2. The smallest absolute Gasteiger partial charge is 0.243 e. The number of halogens is 1. The van der Waals surface area contributed by atoms with E-state index < -0.39 is 10.0 Å². The first-order valence-electron chi connectivity index (χ1n) is 9.64. The molecule has 1 N–H and O–H groups in total. The van der Waals surface area contributed by atoms with Gasteiger partial charge in [0.1, 0.15) is 0 Å². The number of rotatable bonds is 6. The molecule has 2 fully saturated rings. The Balaban J connectivity index is 0.00000210. The third kappa shape index (κ3) is 4.65. The van der Waals surface area contributed by atoms with Crippen LogP contribution in [0, 0.1) is 5.92 Å². The molecule has 1 saturated carbocycles. The number of hydrogen-bond acceptors (Lipinski definition) is 4. The van der Waals surface area contributed by atoms with Crippen LogP contribution in [0.4, 0.5) is 0 Å². The third-order valence-electron chi connectivity index (χ3n) is 5.71. The van der Waals surface area contributed by atoms with E-state index in [1.165, 1.54) is 28.3 Å². The van der Waals surface area contributed by atoms with Gasteiger partial charge in [0.15, 0.2) is 0 Å². The van der Waals surface area contributed by atoms with Crippen molar-refractivity contribution in [2.75, 3.05) is 39.3 Å². The standard InChI is InChI=1S/C19H27N3O3S.ClH/c23-19(14-20-13-15-4-5-15)21-8-10-22(11-9-21)26(24,25)18-7-6-16-2-1-3-17(16)12-18;/h6-7,12,15,20H,1-5,8-11,13-14H2;1H. The predicted octanol–water partition coefficient (Wildman–Crippen LogP) is 1.43. The summed E-state index contributed by atoms with van der Waals surface area (Å²) in [5.74, 6) is 0.817. The van der Waals surface area contributed by atoms with Gasteiger partial charge >= 0.3 is 0 Å². The molecule has 0 radical (unpaired) electrons. The highest BCUT2D eigenvalue weighted by molar-refractivity contribution is 7.89. The second-order valence-electron chi connectivity index (χ2n) is 7.64. The van der Waals surface area contributed by atoms with E-state index in [0.717, 1.165) is 31.7 Å². The summed E-state index contributed by atoms with van der Waals surface area (Å²) in [6.07, 6.45) is 5.65. The Morgan fingerprint density at radius 2 is 1.78 bits per heavy atom. The zero-order chi connectivity index (χ0) is 18.1. The van der Waals surface area contributed by atoms with Gasteiger partial charge in [-0.3, -0.25) is 4.79 Å². The first-order chi connectivity index (χ1) is 12.5. The van der Waals surface area contributed by atoms with Crippen LogP contribution in [0.2, 0.25) is 0 Å². The van der Waals surface area contributed by atoms with E-state index in [1.54, 1.807) is 11.0 Å². The fourth-order valence-electron chi connectivity index (χ4n) is 3.85. The number of carbonyl (C=O) groups is 1. The molecule has 1 aliphatic heterocycles. The van der Waals surface area contributed by atoms with Crippen molar-refractivity contribution < 1.29 is 13.2 Å². The van der Waals surface area contributed by atoms with Crippen molar-refractivity contribution >= 4 is 28.3 Å². The van der Waals surface area contributed by atoms with E-state index in [2.05, 4.69) is 5.32 Å². The maximum absolute atomic E-state index is 12.9. The van der Waals surface area contributed by atoms with Crippen LogP contribution < -0.4 is 5.32 Å². The third-order valence-corrected chi connectivity index (χ3v) is 7.60. The molecule has 0 spiro atoms. The number of hydrogen-bond donors (Lipinski definition) is 1. The van der Waals surface area contributed by atoms with Crippen molar-refractivity contribution in [1.29, 1.82) is 0 Å². The van der Waals surface area contributed by atoms with Gasteiger partial charge in [-0.15, -0.1) is 12.4 Å². The topological polar surface area (TPSA) is 69.7 Å². The van der Waals surface area contributed by atoms with Crippen LogP contribution in [0.3, 0.4) is 0 Å². The largest absolute Gasteiger partial charge is 0.339 e. The Morgan fingerprint density at radius 1 is 1.07 bits per heavy atom. The lowest BCUT2D eigenvalue weighted by molar-refractivity contribution is -0.131. The first kappa shape index (κ1) is 20.6. The van der Waals surface area contributed by atoms with Gasteiger partial charge in [-0.05, 0) is 67.8 Å². The SMILES string of the molecule is Cl.O=C(CNCC1CC1)N1CCN(S(=O)(=O)c2ccc3c(c2)CCC3)CC1. The summed E-state index contributed by atoms with van der Waals surface area (Å²) in [5, 5.41) is 3.21. The summed E-state index contributed by atoms with van der Waals surface area (Å²) in [6.45, 7) is 2.94. The Labute approximate surface area is 167 Å². The number of benzene rings is 1. The van der Waals surface area contributed by atoms with Gasteiger partial charge in [-0.1, -0.05) is 6.07 Å². The first-order valence-corrected chi connectivity index (χ1v) is 11.1. The predicted molar refractivity (Wildman–Crippen MR) is 107 cm³/mol. The van der Waals surface area contributed by atoms with Crippen LogP contribution in [0.25, 0.3) is 0 Å². The monoisotopic (exact) mass is 413 g/mol. The highest BCUT2D eigenvalue weighted by Crippen LogP contribution is 2.28. The number of sulfonamides is 1. The normalized spacial score (nSPS) is 20.2. The zero-order valence-corrected chi connectivity index (χ0v) is 17.2. The van der Waals surface area contributed by atoms with Crippen LogP contribution in [0.15, 0.2) is 23.1 Å². The van der Waals surface area contributed by atoms with Gasteiger partial charge in [-0.25, -0.2) is 8.42 Å². The molecule has 6 nitrogen and oxygen atoms in total. The molecule has 0 aromatic heterocycles. The molecule has 27 heavy (non-hydrogen) atoms. The molecule has 1 aromatic rings. The molecular weight excluding hydrogens is 386 g/mol. The van der Waals surface area contributed by atoms with E-state index >= 15 is 0 Å². The molecule has 4 rings (SSSR count). The van der Waals surface area contributed by atoms with Crippen LogP contribution in [0.1, 0.15) is 30.4 Å². The van der Waals surface area contributed by atoms with Gasteiger partial charge in [-0.2, -0.15) is 4.31 Å². The van der Waals surface area contributed by atoms with Crippen molar-refractivity contribution in [1.82, 2.24) is 14.5 Å². The fraction of sp³-hybridized carbons (Fsp3) is 0.632. The molecule has 0 unspecified atom stereocenters. The molecule has 1 saturated heterocycles. The van der Waals surface area contributed by atoms with Crippen molar-refractivity contribution in [3.63, 3.8) is 0 Å². The number of fused-ring (bicyclic) bond motifs is 1. The summed E-state index contributed by atoms with van der Waals surface area (Å²) in [5.41, 5.74) is 2.44. The Kier molecular flexibility index (Phi) is 6.46. The lowest BCUT2D eigenvalue weighted by Crippen LogP contribution is -2.52. The number of aryl methyl sites for hydroxylation is 2. The van der Waals surface area contributed by atoms with E-state index in [4.69, 9.17) is 0 Å². The van der Waals surface area contributed by atoms with Crippen LogP contribution >= 0.6 is 12.4 Å². The lowest BCUT2D eigenvalue weighted by Gasteiger charge is -2.34. The average Bonchev–Trinajstić information content (AvgIpc) is 3.35. The number of amides is 1. The molecule has 8 heteroatoms. The van der Waals surface area contributed by atoms with Crippen LogP contribution in [0.5, 0.6) is 0 Å². The average molecular weight is 414 g/mol. The molecule has 3 aliphatic rings. The molecule has 1 aromatic carbocycles. The summed E-state index contributed by atoms with van der Waals surface area (Å²) >= 11 is 0. The molecule has 0 atom stereocenters. The highest BCUT2D eigenvalue weighted by Gasteiger charge is 2.31. The van der Waals surface area contributed by atoms with E-state index in [1.807, 2.05) is 12.1 Å². The minimum Gasteiger partial charge on any atom is -0.339 e. The van der Waals surface area contributed by atoms with E-state index in [9.17, 15) is 13.2 Å².